The SMILES string of the molecule is O=[N+]([O-])C1CC1C(Cl)(Cl)[C@H](O)Cl. The third kappa shape index (κ3) is 1.76. The standard InChI is InChI=1S/C5H6Cl3NO3/c6-4(10)5(7,8)2-1-3(2)9(11)12/h2-4,10H,1H2/t2?,3?,4-/m0/s1. The molecule has 0 saturated heterocycles. The summed E-state index contributed by atoms with van der Waals surface area (Å²) in [7, 11) is 0. The zero-order chi connectivity index (χ0) is 9.52. The number of nitrogens with zero attached hydrogens (tertiary/aromatic N) is 1. The van der Waals surface area contributed by atoms with Gasteiger partial charge in [0.1, 0.15) is 0 Å². The first kappa shape index (κ1) is 10.3. The van der Waals surface area contributed by atoms with E-state index in [1.54, 1.807) is 0 Å². The molecule has 0 bridgehead atoms. The fraction of sp³-hybridized carbons (Fsp3) is 1.00. The van der Waals surface area contributed by atoms with Crippen molar-refractivity contribution in [1.29, 1.82) is 0 Å². The Morgan fingerprint density at radius 1 is 1.67 bits per heavy atom. The monoisotopic (exact) mass is 233 g/mol. The second-order valence-electron chi connectivity index (χ2n) is 2.71. The van der Waals surface area contributed by atoms with Crippen molar-refractivity contribution >= 4 is 34.8 Å². The van der Waals surface area contributed by atoms with Crippen LogP contribution in [0.15, 0.2) is 0 Å². The first-order valence-electron chi connectivity index (χ1n) is 3.20. The highest BCUT2D eigenvalue weighted by Crippen LogP contribution is 2.50. The number of hydrogen-bond donors (Lipinski definition) is 1. The van der Waals surface area contributed by atoms with Crippen molar-refractivity contribution in [2.24, 2.45) is 5.92 Å². The molecular formula is C5H6Cl3NO3. The van der Waals surface area contributed by atoms with E-state index in [0.29, 0.717) is 0 Å². The zero-order valence-corrected chi connectivity index (χ0v) is 8.05. The largest absolute Gasteiger partial charge is 0.374 e. The Morgan fingerprint density at radius 2 is 2.17 bits per heavy atom. The van der Waals surface area contributed by atoms with E-state index in [9.17, 15) is 10.1 Å². The first-order valence-corrected chi connectivity index (χ1v) is 4.40. The minimum atomic E-state index is -1.61. The highest BCUT2D eigenvalue weighted by Gasteiger charge is 2.61. The Morgan fingerprint density at radius 3 is 2.42 bits per heavy atom. The Kier molecular flexibility index (Phi) is 2.73. The number of hydrogen-bond acceptors (Lipinski definition) is 3. The summed E-state index contributed by atoms with van der Waals surface area (Å²) < 4.78 is -1.61. The van der Waals surface area contributed by atoms with E-state index in [4.69, 9.17) is 39.9 Å². The lowest BCUT2D eigenvalue weighted by Crippen LogP contribution is -2.31. The molecule has 0 aromatic carbocycles. The molecule has 0 amide bonds. The molecule has 0 aromatic heterocycles. The third-order valence-electron chi connectivity index (χ3n) is 1.84. The van der Waals surface area contributed by atoms with Crippen LogP contribution in [0.2, 0.25) is 0 Å². The highest BCUT2D eigenvalue weighted by molar-refractivity contribution is 6.52. The van der Waals surface area contributed by atoms with Crippen molar-refractivity contribution in [1.82, 2.24) is 0 Å². The molecule has 1 aliphatic carbocycles. The average Bonchev–Trinajstić information content (AvgIpc) is 2.63. The van der Waals surface area contributed by atoms with Crippen LogP contribution >= 0.6 is 34.8 Å². The minimum Gasteiger partial charge on any atom is -0.374 e. The summed E-state index contributed by atoms with van der Waals surface area (Å²) in [6.07, 6.45) is 0.268. The Balaban J connectivity index is 2.57. The molecule has 1 aliphatic rings. The molecular weight excluding hydrogens is 228 g/mol. The maximum absolute atomic E-state index is 10.2. The van der Waals surface area contributed by atoms with Gasteiger partial charge in [-0.15, -0.1) is 0 Å². The molecule has 0 heterocycles. The van der Waals surface area contributed by atoms with Gasteiger partial charge in [0.2, 0.25) is 6.04 Å². The molecule has 4 nitrogen and oxygen atoms in total. The minimum absolute atomic E-state index is 0.268. The van der Waals surface area contributed by atoms with Crippen molar-refractivity contribution in [3.63, 3.8) is 0 Å². The number of aliphatic hydroxyl groups excluding tert-OH is 1. The van der Waals surface area contributed by atoms with Gasteiger partial charge in [0.05, 0.1) is 5.92 Å². The van der Waals surface area contributed by atoms with Gasteiger partial charge in [-0.3, -0.25) is 10.1 Å². The summed E-state index contributed by atoms with van der Waals surface area (Å²) in [5.41, 5.74) is -1.48. The number of alkyl halides is 3. The molecule has 1 rings (SSSR count). The summed E-state index contributed by atoms with van der Waals surface area (Å²) in [6.45, 7) is 0. The van der Waals surface area contributed by atoms with Crippen molar-refractivity contribution in [3.8, 4) is 0 Å². The van der Waals surface area contributed by atoms with Gasteiger partial charge < -0.3 is 5.11 Å². The lowest BCUT2D eigenvalue weighted by atomic mass is 10.3. The average molecular weight is 234 g/mol. The molecule has 1 saturated carbocycles. The molecule has 0 spiro atoms. The van der Waals surface area contributed by atoms with E-state index in [0.717, 1.165) is 0 Å². The van der Waals surface area contributed by atoms with Crippen LogP contribution < -0.4 is 0 Å². The number of rotatable bonds is 3. The van der Waals surface area contributed by atoms with Gasteiger partial charge in [-0.1, -0.05) is 34.8 Å². The van der Waals surface area contributed by atoms with Gasteiger partial charge >= 0.3 is 0 Å². The van der Waals surface area contributed by atoms with Crippen LogP contribution in [0, 0.1) is 16.0 Å². The Hall–Kier alpha value is 0.230. The third-order valence-corrected chi connectivity index (χ3v) is 3.38. The zero-order valence-electron chi connectivity index (χ0n) is 5.78. The summed E-state index contributed by atoms with van der Waals surface area (Å²) in [4.78, 5) is 9.74. The molecule has 0 aliphatic heterocycles. The van der Waals surface area contributed by atoms with Crippen LogP contribution in [0.3, 0.4) is 0 Å². The van der Waals surface area contributed by atoms with Crippen molar-refractivity contribution in [2.45, 2.75) is 22.4 Å². The quantitative estimate of drug-likeness (QED) is 0.456. The van der Waals surface area contributed by atoms with Gasteiger partial charge in [0.15, 0.2) is 9.90 Å². The molecule has 1 N–H and O–H groups in total. The fourth-order valence-corrected chi connectivity index (χ4v) is 1.64. The van der Waals surface area contributed by atoms with Crippen LogP contribution in [0.4, 0.5) is 0 Å². The molecule has 0 aromatic rings. The maximum Gasteiger partial charge on any atom is 0.219 e. The fourth-order valence-electron chi connectivity index (χ4n) is 1.00. The molecule has 12 heavy (non-hydrogen) atoms. The predicted octanol–water partition coefficient (Wildman–Crippen LogP) is 1.38. The lowest BCUT2D eigenvalue weighted by Gasteiger charge is -2.19. The van der Waals surface area contributed by atoms with Gasteiger partial charge in [-0.2, -0.15) is 0 Å². The summed E-state index contributed by atoms with van der Waals surface area (Å²) in [6, 6.07) is -0.770. The van der Waals surface area contributed by atoms with Crippen LogP contribution in [0.25, 0.3) is 0 Å². The van der Waals surface area contributed by atoms with Crippen LogP contribution in [-0.2, 0) is 0 Å². The molecule has 7 heteroatoms. The van der Waals surface area contributed by atoms with Gasteiger partial charge in [-0.25, -0.2) is 0 Å². The van der Waals surface area contributed by atoms with Crippen LogP contribution in [0.5, 0.6) is 0 Å². The molecule has 70 valence electrons. The lowest BCUT2D eigenvalue weighted by molar-refractivity contribution is -0.498. The molecule has 0 radical (unpaired) electrons. The van der Waals surface area contributed by atoms with Gasteiger partial charge in [-0.05, 0) is 0 Å². The first-order chi connectivity index (χ1) is 5.37. The van der Waals surface area contributed by atoms with Crippen molar-refractivity contribution < 1.29 is 10.0 Å². The van der Waals surface area contributed by atoms with Crippen LogP contribution in [-0.4, -0.2) is 26.0 Å². The smallest absolute Gasteiger partial charge is 0.219 e. The van der Waals surface area contributed by atoms with E-state index in [2.05, 4.69) is 0 Å². The summed E-state index contributed by atoms with van der Waals surface area (Å²) in [5.74, 6) is -0.552. The highest BCUT2D eigenvalue weighted by atomic mass is 35.5. The van der Waals surface area contributed by atoms with E-state index in [-0.39, 0.29) is 6.42 Å². The number of halogens is 3. The number of nitro groups is 1. The van der Waals surface area contributed by atoms with Gasteiger partial charge in [0, 0.05) is 11.3 Å². The van der Waals surface area contributed by atoms with Gasteiger partial charge in [0.25, 0.3) is 0 Å². The number of aliphatic hydroxyl groups is 1. The van der Waals surface area contributed by atoms with E-state index < -0.39 is 26.8 Å². The normalized spacial score (nSPS) is 31.3. The van der Waals surface area contributed by atoms with E-state index >= 15 is 0 Å². The summed E-state index contributed by atoms with van der Waals surface area (Å²) >= 11 is 16.4. The molecule has 2 unspecified atom stereocenters. The van der Waals surface area contributed by atoms with E-state index in [1.807, 2.05) is 0 Å². The second kappa shape index (κ2) is 3.18. The second-order valence-corrected chi connectivity index (χ2v) is 4.56. The van der Waals surface area contributed by atoms with E-state index in [1.165, 1.54) is 0 Å². The van der Waals surface area contributed by atoms with Crippen molar-refractivity contribution in [2.75, 3.05) is 0 Å². The van der Waals surface area contributed by atoms with Crippen LogP contribution in [0.1, 0.15) is 6.42 Å². The molecule has 3 atom stereocenters. The Bertz CT molecular complexity index is 208. The topological polar surface area (TPSA) is 63.4 Å². The van der Waals surface area contributed by atoms with Crippen molar-refractivity contribution in [3.05, 3.63) is 10.1 Å². The Labute approximate surface area is 83.6 Å². The summed E-state index contributed by atoms with van der Waals surface area (Å²) in [5, 5.41) is 19.1. The predicted molar refractivity (Wildman–Crippen MR) is 45.2 cm³/mol. The maximum atomic E-state index is 10.2. The molecule has 1 fully saturated rings.